The molecule has 0 fully saturated rings. The standard InChI is InChI=1S/C22H22/c1-22(20-13-7-3-8-14-20,21-15-9-4-10-16-21)18-17-19-11-5-2-6-12-19/h2-16H,17-18H2,1H3. The second-order valence-corrected chi connectivity index (χ2v) is 6.05. The highest BCUT2D eigenvalue weighted by atomic mass is 14.3. The molecule has 3 aromatic carbocycles. The normalized spacial score (nSPS) is 11.3. The first kappa shape index (κ1) is 14.6. The van der Waals surface area contributed by atoms with E-state index in [1.54, 1.807) is 0 Å². The third-order valence-electron chi connectivity index (χ3n) is 4.58. The average Bonchev–Trinajstić information content (AvgIpc) is 2.62. The van der Waals surface area contributed by atoms with Crippen LogP contribution >= 0.6 is 0 Å². The van der Waals surface area contributed by atoms with Crippen molar-refractivity contribution in [1.82, 2.24) is 0 Å². The Bertz CT molecular complexity index is 644. The summed E-state index contributed by atoms with van der Waals surface area (Å²) in [6.45, 7) is 2.36. The molecule has 0 radical (unpaired) electrons. The molecule has 0 aliphatic heterocycles. The molecule has 0 spiro atoms. The van der Waals surface area contributed by atoms with Crippen LogP contribution in [-0.2, 0) is 11.8 Å². The molecule has 0 nitrogen and oxygen atoms in total. The van der Waals surface area contributed by atoms with Crippen LogP contribution in [0.1, 0.15) is 30.0 Å². The van der Waals surface area contributed by atoms with E-state index in [0.29, 0.717) is 0 Å². The molecule has 110 valence electrons. The van der Waals surface area contributed by atoms with E-state index in [1.807, 2.05) is 0 Å². The molecule has 0 unspecified atom stereocenters. The first-order chi connectivity index (χ1) is 10.8. The summed E-state index contributed by atoms with van der Waals surface area (Å²) in [5, 5.41) is 0. The minimum atomic E-state index is 0.0400. The van der Waals surface area contributed by atoms with Crippen molar-refractivity contribution < 1.29 is 0 Å². The lowest BCUT2D eigenvalue weighted by Gasteiger charge is -2.31. The summed E-state index contributed by atoms with van der Waals surface area (Å²) in [4.78, 5) is 0. The zero-order valence-corrected chi connectivity index (χ0v) is 13.1. The summed E-state index contributed by atoms with van der Waals surface area (Å²) in [7, 11) is 0. The fraction of sp³-hybridized carbons (Fsp3) is 0.182. The molecule has 3 rings (SSSR count). The molecule has 0 saturated heterocycles. The van der Waals surface area contributed by atoms with Crippen molar-refractivity contribution in [1.29, 1.82) is 0 Å². The van der Waals surface area contributed by atoms with Gasteiger partial charge in [-0.15, -0.1) is 0 Å². The Hall–Kier alpha value is -2.34. The number of aryl methyl sites for hydroxylation is 1. The van der Waals surface area contributed by atoms with Gasteiger partial charge in [0.15, 0.2) is 0 Å². The Morgan fingerprint density at radius 3 is 1.45 bits per heavy atom. The summed E-state index contributed by atoms with van der Waals surface area (Å²) >= 11 is 0. The van der Waals surface area contributed by atoms with Crippen LogP contribution in [0.5, 0.6) is 0 Å². The fourth-order valence-electron chi connectivity index (χ4n) is 3.11. The van der Waals surface area contributed by atoms with E-state index in [4.69, 9.17) is 0 Å². The molecular weight excluding hydrogens is 264 g/mol. The highest BCUT2D eigenvalue weighted by Crippen LogP contribution is 2.36. The topological polar surface area (TPSA) is 0 Å². The van der Waals surface area contributed by atoms with Gasteiger partial charge in [-0.25, -0.2) is 0 Å². The van der Waals surface area contributed by atoms with Gasteiger partial charge in [0.2, 0.25) is 0 Å². The second kappa shape index (κ2) is 6.62. The van der Waals surface area contributed by atoms with Crippen LogP contribution in [0.4, 0.5) is 0 Å². The zero-order valence-electron chi connectivity index (χ0n) is 13.1. The van der Waals surface area contributed by atoms with E-state index in [9.17, 15) is 0 Å². The molecule has 0 N–H and O–H groups in total. The lowest BCUT2D eigenvalue weighted by atomic mass is 9.72. The van der Waals surface area contributed by atoms with Crippen molar-refractivity contribution in [2.24, 2.45) is 0 Å². The Morgan fingerprint density at radius 2 is 1.00 bits per heavy atom. The van der Waals surface area contributed by atoms with Crippen LogP contribution in [0.25, 0.3) is 0 Å². The van der Waals surface area contributed by atoms with Gasteiger partial charge in [0.05, 0.1) is 0 Å². The smallest absolute Gasteiger partial charge is 0.0177 e. The van der Waals surface area contributed by atoms with Gasteiger partial charge in [-0.3, -0.25) is 0 Å². The first-order valence-electron chi connectivity index (χ1n) is 7.94. The Kier molecular flexibility index (Phi) is 4.39. The van der Waals surface area contributed by atoms with Crippen molar-refractivity contribution in [2.45, 2.75) is 25.2 Å². The molecule has 0 aromatic heterocycles. The molecular formula is C22H22. The number of benzene rings is 3. The second-order valence-electron chi connectivity index (χ2n) is 6.05. The number of rotatable bonds is 5. The van der Waals surface area contributed by atoms with Gasteiger partial charge >= 0.3 is 0 Å². The minimum Gasteiger partial charge on any atom is -0.0622 e. The van der Waals surface area contributed by atoms with Gasteiger partial charge < -0.3 is 0 Å². The minimum absolute atomic E-state index is 0.0400. The molecule has 0 saturated carbocycles. The van der Waals surface area contributed by atoms with Crippen LogP contribution in [0.2, 0.25) is 0 Å². The maximum absolute atomic E-state index is 2.36. The molecule has 0 heteroatoms. The van der Waals surface area contributed by atoms with Crippen molar-refractivity contribution >= 4 is 0 Å². The molecule has 0 heterocycles. The SMILES string of the molecule is CC(CCc1ccccc1)(c1ccccc1)c1ccccc1. The lowest BCUT2D eigenvalue weighted by molar-refractivity contribution is 0.520. The number of hydrogen-bond donors (Lipinski definition) is 0. The van der Waals surface area contributed by atoms with Crippen LogP contribution in [0.15, 0.2) is 91.0 Å². The predicted molar refractivity (Wildman–Crippen MR) is 94.1 cm³/mol. The maximum Gasteiger partial charge on any atom is 0.0177 e. The summed E-state index contributed by atoms with van der Waals surface area (Å²) < 4.78 is 0. The van der Waals surface area contributed by atoms with E-state index in [-0.39, 0.29) is 5.41 Å². The van der Waals surface area contributed by atoms with Crippen LogP contribution < -0.4 is 0 Å². The van der Waals surface area contributed by atoms with Crippen molar-refractivity contribution in [3.05, 3.63) is 108 Å². The highest BCUT2D eigenvalue weighted by Gasteiger charge is 2.28. The average molecular weight is 286 g/mol. The highest BCUT2D eigenvalue weighted by molar-refractivity contribution is 5.38. The molecule has 3 aromatic rings. The van der Waals surface area contributed by atoms with E-state index < -0.39 is 0 Å². The van der Waals surface area contributed by atoms with Crippen LogP contribution in [-0.4, -0.2) is 0 Å². The molecule has 22 heavy (non-hydrogen) atoms. The first-order valence-corrected chi connectivity index (χ1v) is 7.94. The molecule has 0 aliphatic carbocycles. The van der Waals surface area contributed by atoms with Crippen molar-refractivity contribution in [3.63, 3.8) is 0 Å². The summed E-state index contributed by atoms with van der Waals surface area (Å²) in [5.74, 6) is 0. The van der Waals surface area contributed by atoms with Gasteiger partial charge in [0.1, 0.15) is 0 Å². The quantitative estimate of drug-likeness (QED) is 0.570. The van der Waals surface area contributed by atoms with E-state index in [1.165, 1.54) is 16.7 Å². The lowest BCUT2D eigenvalue weighted by Crippen LogP contribution is -2.24. The third-order valence-corrected chi connectivity index (χ3v) is 4.58. The van der Waals surface area contributed by atoms with Gasteiger partial charge in [-0.05, 0) is 29.5 Å². The monoisotopic (exact) mass is 286 g/mol. The number of hydrogen-bond acceptors (Lipinski definition) is 0. The molecule has 0 amide bonds. The summed E-state index contributed by atoms with van der Waals surface area (Å²) in [6, 6.07) is 32.5. The Labute approximate surface area is 133 Å². The van der Waals surface area contributed by atoms with Crippen molar-refractivity contribution in [3.8, 4) is 0 Å². The molecule has 0 atom stereocenters. The molecule has 0 aliphatic rings. The van der Waals surface area contributed by atoms with E-state index >= 15 is 0 Å². The largest absolute Gasteiger partial charge is 0.0622 e. The van der Waals surface area contributed by atoms with Gasteiger partial charge in [0, 0.05) is 5.41 Å². The maximum atomic E-state index is 2.36. The Balaban J connectivity index is 1.93. The summed E-state index contributed by atoms with van der Waals surface area (Å²) in [6.07, 6.45) is 2.19. The van der Waals surface area contributed by atoms with Crippen LogP contribution in [0.3, 0.4) is 0 Å². The molecule has 0 bridgehead atoms. The van der Waals surface area contributed by atoms with Gasteiger partial charge in [0.25, 0.3) is 0 Å². The fourth-order valence-corrected chi connectivity index (χ4v) is 3.11. The van der Waals surface area contributed by atoms with E-state index in [2.05, 4.69) is 97.9 Å². The van der Waals surface area contributed by atoms with E-state index in [0.717, 1.165) is 12.8 Å². The van der Waals surface area contributed by atoms with Crippen molar-refractivity contribution in [2.75, 3.05) is 0 Å². The third kappa shape index (κ3) is 3.12. The Morgan fingerprint density at radius 1 is 0.591 bits per heavy atom. The predicted octanol–water partition coefficient (Wildman–Crippen LogP) is 5.63. The zero-order chi connectivity index (χ0) is 15.3. The van der Waals surface area contributed by atoms with Crippen LogP contribution in [0, 0.1) is 0 Å². The summed E-state index contributed by atoms with van der Waals surface area (Å²) in [5.41, 5.74) is 4.22. The van der Waals surface area contributed by atoms with Gasteiger partial charge in [-0.2, -0.15) is 0 Å². The van der Waals surface area contributed by atoms with Gasteiger partial charge in [-0.1, -0.05) is 97.9 Å².